The lowest BCUT2D eigenvalue weighted by Gasteiger charge is -2.38. The van der Waals surface area contributed by atoms with Crippen molar-refractivity contribution >= 4 is 34.8 Å². The molecule has 10 heteroatoms. The highest BCUT2D eigenvalue weighted by molar-refractivity contribution is 6.01. The Hall–Kier alpha value is -5.19. The van der Waals surface area contributed by atoms with E-state index in [1.165, 1.54) is 11.1 Å². The van der Waals surface area contributed by atoms with Crippen LogP contribution in [0.3, 0.4) is 0 Å². The highest BCUT2D eigenvalue weighted by Crippen LogP contribution is 2.35. The van der Waals surface area contributed by atoms with Gasteiger partial charge in [-0.2, -0.15) is 0 Å². The maximum Gasteiger partial charge on any atom is 0.258 e. The van der Waals surface area contributed by atoms with Crippen LogP contribution >= 0.6 is 0 Å². The van der Waals surface area contributed by atoms with Crippen LogP contribution in [0.25, 0.3) is 11.1 Å². The van der Waals surface area contributed by atoms with Crippen LogP contribution in [0.1, 0.15) is 61.9 Å². The predicted molar refractivity (Wildman–Crippen MR) is 207 cm³/mol. The van der Waals surface area contributed by atoms with Crippen molar-refractivity contribution in [3.63, 3.8) is 0 Å². The lowest BCUT2D eigenvalue weighted by molar-refractivity contribution is -0.116. The maximum atomic E-state index is 13.9. The number of likely N-dealkylation sites (N-methyl/N-ethyl adjacent to an activating group) is 1. The molecule has 0 saturated carbocycles. The molecule has 1 heterocycles. The van der Waals surface area contributed by atoms with Crippen LogP contribution in [0, 0.1) is 5.92 Å². The van der Waals surface area contributed by atoms with Gasteiger partial charge in [0.15, 0.2) is 5.75 Å². The standard InChI is InChI=1S/C42H51N5O5/c1-29-25-47(30(2)28-48)42(51)34-15-12-18-37(45-40(50)20-9-5-8-19-39(49)44-36-17-11-10-16-35(36)43)41(34)52-38(29)27-46(3)26-31-21-23-33(24-22-31)32-13-6-4-7-14-32/h4,6-7,10-18,21-24,29-30,38,48H,5,8-9,19-20,25-28,43H2,1-3H3,(H,44,49)(H,45,50)/t29-,30-,38+/m1/s1. The van der Waals surface area contributed by atoms with Crippen molar-refractivity contribution in [3.8, 4) is 16.9 Å². The zero-order chi connectivity index (χ0) is 37.0. The van der Waals surface area contributed by atoms with Crippen LogP contribution < -0.4 is 21.1 Å². The predicted octanol–water partition coefficient (Wildman–Crippen LogP) is 6.82. The van der Waals surface area contributed by atoms with E-state index in [-0.39, 0.29) is 42.8 Å². The lowest BCUT2D eigenvalue weighted by Crippen LogP contribution is -2.49. The highest BCUT2D eigenvalue weighted by atomic mass is 16.5. The molecule has 5 rings (SSSR count). The number of carbonyl (C=O) groups excluding carboxylic acids is 3. The highest BCUT2D eigenvalue weighted by Gasteiger charge is 2.34. The van der Waals surface area contributed by atoms with Crippen molar-refractivity contribution in [2.24, 2.45) is 5.92 Å². The number of fused-ring (bicyclic) bond motifs is 1. The Bertz CT molecular complexity index is 1800. The number of aliphatic hydroxyl groups excluding tert-OH is 1. The molecule has 4 aromatic carbocycles. The molecule has 0 aliphatic carbocycles. The fourth-order valence-electron chi connectivity index (χ4n) is 6.46. The SMILES string of the molecule is C[C@@H]1CN([C@H](C)CO)C(=O)c2cccc(NC(=O)CCCCCC(=O)Nc3ccccc3N)c2O[C@H]1CN(C)Cc1ccc(-c2ccccc2)cc1. The second-order valence-electron chi connectivity index (χ2n) is 13.8. The first-order chi connectivity index (χ1) is 25.1. The monoisotopic (exact) mass is 705 g/mol. The molecule has 3 atom stereocenters. The smallest absolute Gasteiger partial charge is 0.258 e. The molecule has 0 bridgehead atoms. The number of ether oxygens (including phenoxy) is 1. The molecule has 0 saturated heterocycles. The molecule has 0 fully saturated rings. The summed E-state index contributed by atoms with van der Waals surface area (Å²) in [4.78, 5) is 43.3. The van der Waals surface area contributed by atoms with Crippen molar-refractivity contribution in [3.05, 3.63) is 108 Å². The van der Waals surface area contributed by atoms with Crippen molar-refractivity contribution in [2.75, 3.05) is 43.1 Å². The first kappa shape index (κ1) is 38.1. The summed E-state index contributed by atoms with van der Waals surface area (Å²) in [5.41, 5.74) is 11.3. The van der Waals surface area contributed by atoms with E-state index in [1.54, 1.807) is 35.2 Å². The fourth-order valence-corrected chi connectivity index (χ4v) is 6.46. The van der Waals surface area contributed by atoms with Gasteiger partial charge in [0.1, 0.15) is 6.10 Å². The Kier molecular flexibility index (Phi) is 13.4. The molecule has 3 amide bonds. The van der Waals surface area contributed by atoms with E-state index in [0.29, 0.717) is 73.7 Å². The van der Waals surface area contributed by atoms with Gasteiger partial charge < -0.3 is 31.1 Å². The molecule has 0 radical (unpaired) electrons. The zero-order valence-electron chi connectivity index (χ0n) is 30.4. The third-order valence-corrected chi connectivity index (χ3v) is 9.51. The minimum atomic E-state index is -0.396. The second kappa shape index (κ2) is 18.3. The van der Waals surface area contributed by atoms with E-state index >= 15 is 0 Å². The molecule has 0 unspecified atom stereocenters. The number of benzene rings is 4. The van der Waals surface area contributed by atoms with Crippen LogP contribution in [0.2, 0.25) is 0 Å². The minimum absolute atomic E-state index is 0.0757. The maximum absolute atomic E-state index is 13.9. The van der Waals surface area contributed by atoms with E-state index in [0.717, 1.165) is 5.56 Å². The number of aliphatic hydroxyl groups is 1. The van der Waals surface area contributed by atoms with E-state index in [1.807, 2.05) is 37.3 Å². The first-order valence-electron chi connectivity index (χ1n) is 18.1. The third kappa shape index (κ3) is 10.2. The number of amides is 3. The van der Waals surface area contributed by atoms with Gasteiger partial charge in [-0.05, 0) is 67.8 Å². The minimum Gasteiger partial charge on any atom is -0.486 e. The van der Waals surface area contributed by atoms with Gasteiger partial charge in [-0.3, -0.25) is 19.3 Å². The summed E-state index contributed by atoms with van der Waals surface area (Å²) < 4.78 is 6.71. The van der Waals surface area contributed by atoms with Crippen LogP contribution in [0.5, 0.6) is 5.75 Å². The van der Waals surface area contributed by atoms with E-state index in [4.69, 9.17) is 10.5 Å². The number of hydrogen-bond donors (Lipinski definition) is 4. The van der Waals surface area contributed by atoms with E-state index in [9.17, 15) is 19.5 Å². The molecule has 4 aromatic rings. The fraction of sp³-hybridized carbons (Fsp3) is 0.357. The topological polar surface area (TPSA) is 137 Å². The largest absolute Gasteiger partial charge is 0.486 e. The Morgan fingerprint density at radius 2 is 1.48 bits per heavy atom. The normalized spacial score (nSPS) is 16.3. The summed E-state index contributed by atoms with van der Waals surface area (Å²) in [7, 11) is 2.05. The number of carbonyl (C=O) groups is 3. The summed E-state index contributed by atoms with van der Waals surface area (Å²) in [5.74, 6) is -0.306. The summed E-state index contributed by atoms with van der Waals surface area (Å²) in [5, 5.41) is 15.9. The molecule has 274 valence electrons. The molecule has 1 aliphatic rings. The number of anilines is 3. The van der Waals surface area contributed by atoms with Crippen molar-refractivity contribution in [1.29, 1.82) is 0 Å². The van der Waals surface area contributed by atoms with Gasteiger partial charge in [0.2, 0.25) is 11.8 Å². The number of nitrogens with one attached hydrogen (secondary N) is 2. The van der Waals surface area contributed by atoms with Crippen LogP contribution in [0.4, 0.5) is 17.1 Å². The van der Waals surface area contributed by atoms with Gasteiger partial charge in [-0.25, -0.2) is 0 Å². The average molecular weight is 706 g/mol. The molecular formula is C42H51N5O5. The average Bonchev–Trinajstić information content (AvgIpc) is 3.14. The van der Waals surface area contributed by atoms with Crippen LogP contribution in [-0.2, 0) is 16.1 Å². The summed E-state index contributed by atoms with van der Waals surface area (Å²) in [6, 6.07) is 30.8. The van der Waals surface area contributed by atoms with Gasteiger partial charge in [-0.15, -0.1) is 0 Å². The lowest BCUT2D eigenvalue weighted by atomic mass is 9.98. The molecule has 52 heavy (non-hydrogen) atoms. The summed E-state index contributed by atoms with van der Waals surface area (Å²) in [6.45, 7) is 5.40. The first-order valence-corrected chi connectivity index (χ1v) is 18.1. The number of rotatable bonds is 15. The molecule has 1 aliphatic heterocycles. The van der Waals surface area contributed by atoms with Gasteiger partial charge >= 0.3 is 0 Å². The Morgan fingerprint density at radius 1 is 0.865 bits per heavy atom. The zero-order valence-corrected chi connectivity index (χ0v) is 30.4. The van der Waals surface area contributed by atoms with Crippen molar-refractivity contribution in [1.82, 2.24) is 9.80 Å². The third-order valence-electron chi connectivity index (χ3n) is 9.51. The van der Waals surface area contributed by atoms with Gasteiger partial charge in [0, 0.05) is 38.4 Å². The number of nitrogens with two attached hydrogens (primary N) is 1. The Morgan fingerprint density at radius 3 is 2.15 bits per heavy atom. The van der Waals surface area contributed by atoms with Gasteiger partial charge in [0.05, 0.1) is 35.3 Å². The second-order valence-corrected chi connectivity index (χ2v) is 13.8. The number of unbranched alkanes of at least 4 members (excludes halogenated alkanes) is 2. The number of nitrogen functional groups attached to an aromatic ring is 1. The molecule has 5 N–H and O–H groups in total. The number of para-hydroxylation sites is 3. The summed E-state index contributed by atoms with van der Waals surface area (Å²) in [6.07, 6.45) is 2.19. The molecular weight excluding hydrogens is 654 g/mol. The van der Waals surface area contributed by atoms with E-state index in [2.05, 4.69) is 65.9 Å². The van der Waals surface area contributed by atoms with E-state index < -0.39 is 6.04 Å². The molecule has 0 spiro atoms. The van der Waals surface area contributed by atoms with Crippen molar-refractivity contribution in [2.45, 2.75) is 64.6 Å². The van der Waals surface area contributed by atoms with Crippen molar-refractivity contribution < 1.29 is 24.2 Å². The quantitative estimate of drug-likeness (QED) is 0.0788. The molecule has 10 nitrogen and oxygen atoms in total. The Labute approximate surface area is 307 Å². The van der Waals surface area contributed by atoms with Gasteiger partial charge in [0.25, 0.3) is 5.91 Å². The molecule has 0 aromatic heterocycles. The van der Waals surface area contributed by atoms with Crippen LogP contribution in [-0.4, -0.2) is 71.5 Å². The van der Waals surface area contributed by atoms with Gasteiger partial charge in [-0.1, -0.05) is 86.1 Å². The van der Waals surface area contributed by atoms with Crippen LogP contribution in [0.15, 0.2) is 97.1 Å². The summed E-state index contributed by atoms with van der Waals surface area (Å²) >= 11 is 0. The Balaban J connectivity index is 1.23. The number of nitrogens with zero attached hydrogens (tertiary/aromatic N) is 2. The number of hydrogen-bond acceptors (Lipinski definition) is 7.